The maximum absolute atomic E-state index is 12.4. The van der Waals surface area contributed by atoms with Crippen molar-refractivity contribution in [2.45, 2.75) is 44.9 Å². The molecule has 25 heavy (non-hydrogen) atoms. The van der Waals surface area contributed by atoms with Gasteiger partial charge in [0.2, 0.25) is 5.91 Å². The van der Waals surface area contributed by atoms with E-state index in [2.05, 4.69) is 30.1 Å². The largest absolute Gasteiger partial charge is 0.497 e. The van der Waals surface area contributed by atoms with Gasteiger partial charge in [0.25, 0.3) is 0 Å². The molecule has 1 aliphatic rings. The molecule has 1 heterocycles. The lowest BCUT2D eigenvalue weighted by Gasteiger charge is -2.30. The average molecular weight is 349 g/mol. The molecule has 0 bridgehead atoms. The van der Waals surface area contributed by atoms with Crippen LogP contribution in [-0.4, -0.2) is 56.3 Å². The molecule has 6 heteroatoms. The van der Waals surface area contributed by atoms with E-state index in [-0.39, 0.29) is 24.2 Å². The second kappa shape index (κ2) is 9.75. The first-order valence-corrected chi connectivity index (χ1v) is 9.14. The Balaban J connectivity index is 2.04. The van der Waals surface area contributed by atoms with E-state index in [0.29, 0.717) is 13.1 Å². The van der Waals surface area contributed by atoms with Gasteiger partial charge in [-0.15, -0.1) is 0 Å². The third-order valence-electron chi connectivity index (χ3n) is 4.86. The minimum Gasteiger partial charge on any atom is -0.497 e. The molecule has 0 saturated carbocycles. The monoisotopic (exact) mass is 349 g/mol. The molecule has 0 radical (unpaired) electrons. The number of hydrogen-bond donors (Lipinski definition) is 2. The van der Waals surface area contributed by atoms with E-state index in [4.69, 9.17) is 15.2 Å². The highest BCUT2D eigenvalue weighted by Crippen LogP contribution is 2.24. The van der Waals surface area contributed by atoms with Crippen molar-refractivity contribution in [3.8, 4) is 5.75 Å². The second-order valence-electron chi connectivity index (χ2n) is 6.32. The van der Waals surface area contributed by atoms with Crippen LogP contribution in [0.1, 0.15) is 38.3 Å². The average Bonchev–Trinajstić information content (AvgIpc) is 3.14. The molecule has 3 atom stereocenters. The standard InChI is InChI=1S/C19H31N3O3/c1-4-22(5-2)17(14-7-6-8-15(11-14)24-3)13-21-19(23)18-10-9-16(12-20)25-18/h6-8,11,16-18H,4-5,9-10,12-13,20H2,1-3H3,(H,21,23)/t16-,17?,18+/m1/s1. The van der Waals surface area contributed by atoms with Crippen molar-refractivity contribution in [2.75, 3.05) is 33.3 Å². The zero-order chi connectivity index (χ0) is 18.2. The van der Waals surface area contributed by atoms with E-state index in [9.17, 15) is 4.79 Å². The summed E-state index contributed by atoms with van der Waals surface area (Å²) in [5.74, 6) is 0.780. The number of nitrogens with zero attached hydrogens (tertiary/aromatic N) is 1. The molecule has 1 unspecified atom stereocenters. The number of rotatable bonds is 9. The minimum absolute atomic E-state index is 0.00714. The third-order valence-corrected chi connectivity index (χ3v) is 4.86. The van der Waals surface area contributed by atoms with Gasteiger partial charge >= 0.3 is 0 Å². The number of ether oxygens (including phenoxy) is 2. The van der Waals surface area contributed by atoms with Gasteiger partial charge in [0.05, 0.1) is 19.3 Å². The van der Waals surface area contributed by atoms with E-state index in [1.165, 1.54) is 0 Å². The Labute approximate surface area is 150 Å². The quantitative estimate of drug-likeness (QED) is 0.710. The lowest BCUT2D eigenvalue weighted by Crippen LogP contribution is -2.42. The maximum Gasteiger partial charge on any atom is 0.249 e. The Morgan fingerprint density at radius 3 is 2.76 bits per heavy atom. The van der Waals surface area contributed by atoms with Crippen molar-refractivity contribution in [1.82, 2.24) is 10.2 Å². The molecule has 1 aromatic rings. The van der Waals surface area contributed by atoms with E-state index in [1.807, 2.05) is 18.2 Å². The fourth-order valence-electron chi connectivity index (χ4n) is 3.35. The summed E-state index contributed by atoms with van der Waals surface area (Å²) in [5, 5.41) is 3.07. The van der Waals surface area contributed by atoms with Crippen LogP contribution in [0.2, 0.25) is 0 Å². The number of carbonyl (C=O) groups excluding carboxylic acids is 1. The predicted octanol–water partition coefficient (Wildman–Crippen LogP) is 1.70. The van der Waals surface area contributed by atoms with Crippen LogP contribution in [0.15, 0.2) is 24.3 Å². The Morgan fingerprint density at radius 2 is 2.16 bits per heavy atom. The fraction of sp³-hybridized carbons (Fsp3) is 0.632. The Morgan fingerprint density at radius 1 is 1.40 bits per heavy atom. The first-order chi connectivity index (χ1) is 12.1. The zero-order valence-electron chi connectivity index (χ0n) is 15.5. The van der Waals surface area contributed by atoms with E-state index < -0.39 is 0 Å². The maximum atomic E-state index is 12.4. The number of likely N-dealkylation sites (N-methyl/N-ethyl adjacent to an activating group) is 1. The number of carbonyl (C=O) groups is 1. The number of methoxy groups -OCH3 is 1. The molecular formula is C19H31N3O3. The van der Waals surface area contributed by atoms with Crippen LogP contribution in [0.5, 0.6) is 5.75 Å². The van der Waals surface area contributed by atoms with Crippen LogP contribution in [0.3, 0.4) is 0 Å². The van der Waals surface area contributed by atoms with Crippen LogP contribution in [0, 0.1) is 0 Å². The number of nitrogens with one attached hydrogen (secondary N) is 1. The molecule has 0 aliphatic carbocycles. The second-order valence-corrected chi connectivity index (χ2v) is 6.32. The van der Waals surface area contributed by atoms with Gasteiger partial charge in [0.1, 0.15) is 11.9 Å². The van der Waals surface area contributed by atoms with Gasteiger partial charge in [-0.2, -0.15) is 0 Å². The number of nitrogens with two attached hydrogens (primary N) is 1. The van der Waals surface area contributed by atoms with Crippen molar-refractivity contribution in [1.29, 1.82) is 0 Å². The van der Waals surface area contributed by atoms with Crippen molar-refractivity contribution in [2.24, 2.45) is 5.73 Å². The Hall–Kier alpha value is -1.63. The first-order valence-electron chi connectivity index (χ1n) is 9.14. The number of hydrogen-bond acceptors (Lipinski definition) is 5. The molecule has 1 amide bonds. The lowest BCUT2D eigenvalue weighted by atomic mass is 10.0. The van der Waals surface area contributed by atoms with Crippen LogP contribution in [-0.2, 0) is 9.53 Å². The molecule has 140 valence electrons. The molecule has 2 rings (SSSR count). The van der Waals surface area contributed by atoms with Gasteiger partial charge in [-0.3, -0.25) is 9.69 Å². The van der Waals surface area contributed by atoms with Gasteiger partial charge in [-0.1, -0.05) is 26.0 Å². The normalized spacial score (nSPS) is 21.3. The van der Waals surface area contributed by atoms with Crippen LogP contribution < -0.4 is 15.8 Å². The summed E-state index contributed by atoms with van der Waals surface area (Å²) < 4.78 is 11.0. The van der Waals surface area contributed by atoms with Gasteiger partial charge < -0.3 is 20.5 Å². The molecule has 1 aromatic carbocycles. The predicted molar refractivity (Wildman–Crippen MR) is 98.6 cm³/mol. The minimum atomic E-state index is -0.379. The van der Waals surface area contributed by atoms with Gasteiger partial charge in [-0.05, 0) is 43.6 Å². The van der Waals surface area contributed by atoms with Crippen molar-refractivity contribution < 1.29 is 14.3 Å². The topological polar surface area (TPSA) is 76.8 Å². The van der Waals surface area contributed by atoms with Gasteiger partial charge in [-0.25, -0.2) is 0 Å². The number of benzene rings is 1. The van der Waals surface area contributed by atoms with Crippen molar-refractivity contribution in [3.05, 3.63) is 29.8 Å². The summed E-state index contributed by atoms with van der Waals surface area (Å²) in [5.41, 5.74) is 6.76. The van der Waals surface area contributed by atoms with E-state index in [1.54, 1.807) is 7.11 Å². The summed E-state index contributed by atoms with van der Waals surface area (Å²) >= 11 is 0. The van der Waals surface area contributed by atoms with Crippen LogP contribution >= 0.6 is 0 Å². The van der Waals surface area contributed by atoms with E-state index in [0.717, 1.165) is 37.2 Å². The summed E-state index contributed by atoms with van der Waals surface area (Å²) in [6, 6.07) is 8.12. The highest BCUT2D eigenvalue weighted by atomic mass is 16.5. The van der Waals surface area contributed by atoms with Gasteiger partial charge in [0.15, 0.2) is 0 Å². The molecule has 1 aliphatic heterocycles. The van der Waals surface area contributed by atoms with Crippen LogP contribution in [0.25, 0.3) is 0 Å². The van der Waals surface area contributed by atoms with Gasteiger partial charge in [0, 0.05) is 13.1 Å². The molecule has 6 nitrogen and oxygen atoms in total. The number of amides is 1. The first kappa shape index (κ1) is 19.7. The highest BCUT2D eigenvalue weighted by Gasteiger charge is 2.30. The fourth-order valence-corrected chi connectivity index (χ4v) is 3.35. The highest BCUT2D eigenvalue weighted by molar-refractivity contribution is 5.81. The zero-order valence-corrected chi connectivity index (χ0v) is 15.5. The van der Waals surface area contributed by atoms with Crippen LogP contribution in [0.4, 0.5) is 0 Å². The summed E-state index contributed by atoms with van der Waals surface area (Å²) in [6.07, 6.45) is 1.22. The summed E-state index contributed by atoms with van der Waals surface area (Å²) in [6.45, 7) is 7.08. The molecule has 0 aromatic heterocycles. The lowest BCUT2D eigenvalue weighted by molar-refractivity contribution is -0.132. The molecule has 0 spiro atoms. The van der Waals surface area contributed by atoms with E-state index >= 15 is 0 Å². The molecule has 1 fully saturated rings. The molecule has 1 saturated heterocycles. The summed E-state index contributed by atoms with van der Waals surface area (Å²) in [7, 11) is 1.67. The van der Waals surface area contributed by atoms with Crippen molar-refractivity contribution in [3.63, 3.8) is 0 Å². The van der Waals surface area contributed by atoms with Crippen molar-refractivity contribution >= 4 is 5.91 Å². The molecule has 3 N–H and O–H groups in total. The Bertz CT molecular complexity index is 548. The smallest absolute Gasteiger partial charge is 0.249 e. The summed E-state index contributed by atoms with van der Waals surface area (Å²) in [4.78, 5) is 14.8. The SMILES string of the molecule is CCN(CC)C(CNC(=O)[C@@H]1CC[C@H](CN)O1)c1cccc(OC)c1. The Kier molecular flexibility index (Phi) is 7.68. The third kappa shape index (κ3) is 5.17. The molecular weight excluding hydrogens is 318 g/mol.